The number of amides is 1. The van der Waals surface area contributed by atoms with E-state index in [2.05, 4.69) is 0 Å². The highest BCUT2D eigenvalue weighted by molar-refractivity contribution is 7.99. The van der Waals surface area contributed by atoms with Crippen molar-refractivity contribution in [3.05, 3.63) is 23.2 Å². The first kappa shape index (κ1) is 13.2. The third-order valence-corrected chi connectivity index (χ3v) is 3.74. The van der Waals surface area contributed by atoms with Crippen molar-refractivity contribution in [1.82, 2.24) is 0 Å². The van der Waals surface area contributed by atoms with Crippen LogP contribution >= 0.6 is 23.4 Å². The Morgan fingerprint density at radius 2 is 2.28 bits per heavy atom. The lowest BCUT2D eigenvalue weighted by Gasteiger charge is -2.28. The van der Waals surface area contributed by atoms with E-state index in [1.54, 1.807) is 36.9 Å². The number of hydrogen-bond donors (Lipinski definition) is 0. The number of hydrogen-bond acceptors (Lipinski definition) is 4. The molecule has 1 aromatic carbocycles. The average molecular weight is 286 g/mol. The van der Waals surface area contributed by atoms with E-state index in [9.17, 15) is 9.59 Å². The predicted octanol–water partition coefficient (Wildman–Crippen LogP) is 2.34. The molecule has 6 heteroatoms. The molecule has 0 bridgehead atoms. The molecular formula is C12H12ClNO3S. The van der Waals surface area contributed by atoms with Gasteiger partial charge in [-0.05, 0) is 25.1 Å². The number of ether oxygens (including phenoxy) is 1. The van der Waals surface area contributed by atoms with E-state index < -0.39 is 11.9 Å². The van der Waals surface area contributed by atoms with E-state index in [0.717, 1.165) is 10.6 Å². The molecule has 2 rings (SSSR count). The number of carbonyl (C=O) groups is 2. The molecule has 0 saturated carbocycles. The van der Waals surface area contributed by atoms with Crippen molar-refractivity contribution in [3.8, 4) is 0 Å². The summed E-state index contributed by atoms with van der Waals surface area (Å²) >= 11 is 7.53. The van der Waals surface area contributed by atoms with Gasteiger partial charge in [-0.3, -0.25) is 4.79 Å². The Morgan fingerprint density at radius 1 is 1.50 bits per heavy atom. The molecule has 0 saturated heterocycles. The summed E-state index contributed by atoms with van der Waals surface area (Å²) < 4.78 is 4.73. The predicted molar refractivity (Wildman–Crippen MR) is 71.2 cm³/mol. The maximum absolute atomic E-state index is 11.9. The third-order valence-electron chi connectivity index (χ3n) is 2.48. The minimum Gasteiger partial charge on any atom is -0.459 e. The molecule has 4 nitrogen and oxygen atoms in total. The number of benzene rings is 1. The average Bonchev–Trinajstić information content (AvgIpc) is 2.37. The van der Waals surface area contributed by atoms with E-state index in [0.29, 0.717) is 17.3 Å². The monoisotopic (exact) mass is 285 g/mol. The second kappa shape index (κ2) is 5.63. The van der Waals surface area contributed by atoms with E-state index >= 15 is 0 Å². The van der Waals surface area contributed by atoms with Crippen LogP contribution in [0.2, 0.25) is 5.02 Å². The summed E-state index contributed by atoms with van der Waals surface area (Å²) in [5, 5.41) is 0.617. The van der Waals surface area contributed by atoms with Crippen molar-refractivity contribution in [1.29, 1.82) is 0 Å². The molecule has 1 aliphatic heterocycles. The van der Waals surface area contributed by atoms with Crippen molar-refractivity contribution < 1.29 is 14.3 Å². The molecule has 0 spiro atoms. The van der Waals surface area contributed by atoms with Gasteiger partial charge in [0.05, 0.1) is 12.3 Å². The van der Waals surface area contributed by atoms with E-state index in [1.165, 1.54) is 4.90 Å². The molecule has 0 unspecified atom stereocenters. The van der Waals surface area contributed by atoms with Gasteiger partial charge in [-0.1, -0.05) is 11.6 Å². The van der Waals surface area contributed by atoms with Gasteiger partial charge in [-0.2, -0.15) is 0 Å². The molecule has 1 aromatic rings. The van der Waals surface area contributed by atoms with Crippen molar-refractivity contribution in [3.63, 3.8) is 0 Å². The van der Waals surface area contributed by atoms with Crippen LogP contribution in [-0.4, -0.2) is 30.8 Å². The summed E-state index contributed by atoms with van der Waals surface area (Å²) in [6.07, 6.45) is 0. The van der Waals surface area contributed by atoms with Gasteiger partial charge >= 0.3 is 11.9 Å². The minimum atomic E-state index is -0.815. The molecule has 0 atom stereocenters. The quantitative estimate of drug-likeness (QED) is 0.587. The summed E-state index contributed by atoms with van der Waals surface area (Å²) in [5.41, 5.74) is 0.716. The zero-order valence-electron chi connectivity index (χ0n) is 9.81. The number of thioether (sulfide) groups is 1. The summed E-state index contributed by atoms with van der Waals surface area (Å²) in [4.78, 5) is 25.8. The summed E-state index contributed by atoms with van der Waals surface area (Å²) in [5.74, 6) is -0.704. The van der Waals surface area contributed by atoms with Crippen LogP contribution in [-0.2, 0) is 14.3 Å². The van der Waals surface area contributed by atoms with Crippen LogP contribution in [0.3, 0.4) is 0 Å². The second-order valence-electron chi connectivity index (χ2n) is 3.64. The molecule has 0 aromatic heterocycles. The van der Waals surface area contributed by atoms with E-state index in [1.807, 2.05) is 0 Å². The summed E-state index contributed by atoms with van der Waals surface area (Å²) in [6, 6.07) is 5.25. The zero-order chi connectivity index (χ0) is 13.1. The summed E-state index contributed by atoms with van der Waals surface area (Å²) in [6.45, 7) is 2.36. The van der Waals surface area contributed by atoms with Gasteiger partial charge in [0.25, 0.3) is 0 Å². The smallest absolute Gasteiger partial charge is 0.397 e. The molecular weight excluding hydrogens is 274 g/mol. The molecule has 1 aliphatic rings. The van der Waals surface area contributed by atoms with Crippen LogP contribution < -0.4 is 4.90 Å². The fraction of sp³-hybridized carbons (Fsp3) is 0.333. The lowest BCUT2D eigenvalue weighted by atomic mass is 10.2. The molecule has 18 heavy (non-hydrogen) atoms. The van der Waals surface area contributed by atoms with Crippen molar-refractivity contribution in [2.45, 2.75) is 11.8 Å². The van der Waals surface area contributed by atoms with E-state index in [-0.39, 0.29) is 6.61 Å². The molecule has 1 amide bonds. The van der Waals surface area contributed by atoms with Gasteiger partial charge in [0.15, 0.2) is 0 Å². The Balaban J connectivity index is 2.27. The maximum atomic E-state index is 11.9. The molecule has 0 aliphatic carbocycles. The molecule has 96 valence electrons. The van der Waals surface area contributed by atoms with Crippen LogP contribution in [0.5, 0.6) is 0 Å². The van der Waals surface area contributed by atoms with E-state index in [4.69, 9.17) is 16.3 Å². The number of carbonyl (C=O) groups excluding carboxylic acids is 2. The Hall–Kier alpha value is -1.20. The first-order chi connectivity index (χ1) is 8.63. The standard InChI is InChI=1S/C12H12ClNO3S/c1-2-17-12(16)11(15)14-5-6-18-10-7-8(13)3-4-9(10)14/h3-4,7H,2,5-6H2,1H3. The molecule has 0 N–H and O–H groups in total. The number of anilines is 1. The number of fused-ring (bicyclic) bond motifs is 1. The SMILES string of the molecule is CCOC(=O)C(=O)N1CCSc2cc(Cl)ccc21. The van der Waals surface area contributed by atoms with Crippen LogP contribution in [0.1, 0.15) is 6.92 Å². The number of halogens is 1. The largest absolute Gasteiger partial charge is 0.459 e. The Morgan fingerprint density at radius 3 is 3.00 bits per heavy atom. The first-order valence-electron chi connectivity index (χ1n) is 5.54. The van der Waals surface area contributed by atoms with Gasteiger partial charge in [-0.25, -0.2) is 4.79 Å². The molecule has 0 fully saturated rings. The Bertz CT molecular complexity index is 492. The summed E-state index contributed by atoms with van der Waals surface area (Å²) in [7, 11) is 0. The number of rotatable bonds is 1. The third kappa shape index (κ3) is 2.62. The zero-order valence-corrected chi connectivity index (χ0v) is 11.4. The molecule has 1 heterocycles. The van der Waals surface area contributed by atoms with Gasteiger partial charge in [0.1, 0.15) is 0 Å². The van der Waals surface area contributed by atoms with Gasteiger partial charge in [-0.15, -0.1) is 11.8 Å². The van der Waals surface area contributed by atoms with Crippen molar-refractivity contribution >= 4 is 40.9 Å². The van der Waals surface area contributed by atoms with Gasteiger partial charge < -0.3 is 9.64 Å². The maximum Gasteiger partial charge on any atom is 0.397 e. The highest BCUT2D eigenvalue weighted by atomic mass is 35.5. The lowest BCUT2D eigenvalue weighted by Crippen LogP contribution is -2.40. The van der Waals surface area contributed by atoms with Crippen LogP contribution in [0.4, 0.5) is 5.69 Å². The number of esters is 1. The van der Waals surface area contributed by atoms with Crippen molar-refractivity contribution in [2.75, 3.05) is 23.8 Å². The fourth-order valence-electron chi connectivity index (χ4n) is 1.71. The normalized spacial score (nSPS) is 14.0. The van der Waals surface area contributed by atoms with Crippen LogP contribution in [0.25, 0.3) is 0 Å². The van der Waals surface area contributed by atoms with Crippen LogP contribution in [0.15, 0.2) is 23.1 Å². The Labute approximate surface area is 114 Å². The lowest BCUT2D eigenvalue weighted by molar-refractivity contribution is -0.153. The Kier molecular flexibility index (Phi) is 4.14. The highest BCUT2D eigenvalue weighted by Crippen LogP contribution is 2.36. The first-order valence-corrected chi connectivity index (χ1v) is 6.90. The van der Waals surface area contributed by atoms with Crippen LogP contribution in [0, 0.1) is 0 Å². The van der Waals surface area contributed by atoms with Gasteiger partial charge in [0, 0.05) is 22.2 Å². The number of nitrogens with zero attached hydrogens (tertiary/aromatic N) is 1. The highest BCUT2D eigenvalue weighted by Gasteiger charge is 2.28. The minimum absolute atomic E-state index is 0.195. The second-order valence-corrected chi connectivity index (χ2v) is 5.21. The van der Waals surface area contributed by atoms with Gasteiger partial charge in [0.2, 0.25) is 0 Å². The van der Waals surface area contributed by atoms with Crippen molar-refractivity contribution in [2.24, 2.45) is 0 Å². The topological polar surface area (TPSA) is 46.6 Å². The molecule has 0 radical (unpaired) electrons. The fourth-order valence-corrected chi connectivity index (χ4v) is 2.97.